The molecule has 1 aliphatic heterocycles. The van der Waals surface area contributed by atoms with Gasteiger partial charge in [0.15, 0.2) is 0 Å². The Morgan fingerprint density at radius 1 is 1.26 bits per heavy atom. The number of rotatable bonds is 5. The molecule has 1 amide bonds. The van der Waals surface area contributed by atoms with Gasteiger partial charge in [-0.1, -0.05) is 0 Å². The molecule has 2 atom stereocenters. The lowest BCUT2D eigenvalue weighted by atomic mass is 10.1. The number of amides is 1. The topological polar surface area (TPSA) is 46.5 Å². The van der Waals surface area contributed by atoms with Crippen molar-refractivity contribution in [2.75, 3.05) is 11.9 Å². The summed E-state index contributed by atoms with van der Waals surface area (Å²) in [4.78, 5) is 14.8. The number of hydrogen-bond donors (Lipinski definition) is 1. The van der Waals surface area contributed by atoms with Crippen molar-refractivity contribution < 1.29 is 22.7 Å². The Hall–Kier alpha value is -2.48. The minimum Gasteiger partial charge on any atom is -0.406 e. The third kappa shape index (κ3) is 4.63. The van der Waals surface area contributed by atoms with E-state index in [1.807, 2.05) is 26.2 Å². The highest BCUT2D eigenvalue weighted by Crippen LogP contribution is 2.34. The van der Waals surface area contributed by atoms with Gasteiger partial charge in [0.25, 0.3) is 0 Å². The number of nitrogens with zero attached hydrogens (tertiary/aromatic N) is 2. The van der Waals surface area contributed by atoms with Crippen LogP contribution in [0.1, 0.15) is 31.5 Å². The van der Waals surface area contributed by atoms with Gasteiger partial charge in [-0.15, -0.1) is 13.2 Å². The van der Waals surface area contributed by atoms with Crippen molar-refractivity contribution in [1.82, 2.24) is 9.47 Å². The lowest BCUT2D eigenvalue weighted by Crippen LogP contribution is -2.42. The van der Waals surface area contributed by atoms with Crippen LogP contribution in [0.2, 0.25) is 0 Å². The molecule has 2 heterocycles. The Kier molecular flexibility index (Phi) is 5.46. The molecule has 0 saturated carbocycles. The molecule has 1 aromatic heterocycles. The van der Waals surface area contributed by atoms with E-state index < -0.39 is 6.36 Å². The quantitative estimate of drug-likeness (QED) is 0.849. The highest BCUT2D eigenvalue weighted by Gasteiger charge is 2.34. The number of aryl methyl sites for hydroxylation is 1. The van der Waals surface area contributed by atoms with Crippen LogP contribution >= 0.6 is 0 Å². The standard InChI is InChI=1S/C19H22F3N3O2/c1-13(25-12-4-6-17(25)16-5-3-11-24(16)2)18(26)23-14-7-9-15(10-8-14)27-19(20,21)22/h3,5,7-11,13,17H,4,6,12H2,1-2H3,(H,23,26)/t13-,17-/m1/s1. The summed E-state index contributed by atoms with van der Waals surface area (Å²) in [5.41, 5.74) is 1.59. The molecule has 0 radical (unpaired) electrons. The Morgan fingerprint density at radius 3 is 2.56 bits per heavy atom. The zero-order valence-corrected chi connectivity index (χ0v) is 15.2. The number of carbonyl (C=O) groups excluding carboxylic acids is 1. The molecule has 1 saturated heterocycles. The molecule has 1 N–H and O–H groups in total. The van der Waals surface area contributed by atoms with E-state index in [1.54, 1.807) is 0 Å². The van der Waals surface area contributed by atoms with E-state index in [2.05, 4.69) is 25.6 Å². The maximum Gasteiger partial charge on any atom is 0.573 e. The molecule has 8 heteroatoms. The third-order valence-electron chi connectivity index (χ3n) is 4.85. The molecule has 0 aliphatic carbocycles. The highest BCUT2D eigenvalue weighted by atomic mass is 19.4. The summed E-state index contributed by atoms with van der Waals surface area (Å²) in [5, 5.41) is 2.76. The summed E-state index contributed by atoms with van der Waals surface area (Å²) in [6, 6.07) is 9.00. The number of anilines is 1. The van der Waals surface area contributed by atoms with Gasteiger partial charge in [0.2, 0.25) is 5.91 Å². The van der Waals surface area contributed by atoms with Crippen molar-refractivity contribution in [3.05, 3.63) is 48.3 Å². The Morgan fingerprint density at radius 2 is 1.96 bits per heavy atom. The van der Waals surface area contributed by atoms with Crippen LogP contribution in [0.4, 0.5) is 18.9 Å². The largest absolute Gasteiger partial charge is 0.573 e. The van der Waals surface area contributed by atoms with Crippen LogP contribution in [0.15, 0.2) is 42.6 Å². The molecular weight excluding hydrogens is 359 g/mol. The van der Waals surface area contributed by atoms with Gasteiger partial charge in [-0.3, -0.25) is 9.69 Å². The van der Waals surface area contributed by atoms with E-state index in [-0.39, 0.29) is 23.7 Å². The summed E-state index contributed by atoms with van der Waals surface area (Å²) in [5.74, 6) is -0.516. The zero-order valence-electron chi connectivity index (χ0n) is 15.2. The van der Waals surface area contributed by atoms with Gasteiger partial charge in [-0.05, 0) is 62.7 Å². The number of carbonyl (C=O) groups is 1. The van der Waals surface area contributed by atoms with Crippen LogP contribution in [0.3, 0.4) is 0 Å². The van der Waals surface area contributed by atoms with Crippen LogP contribution in [0, 0.1) is 0 Å². The fourth-order valence-electron chi connectivity index (χ4n) is 3.53. The van der Waals surface area contributed by atoms with E-state index in [0.29, 0.717) is 5.69 Å². The van der Waals surface area contributed by atoms with Gasteiger partial charge in [0, 0.05) is 24.6 Å². The summed E-state index contributed by atoms with van der Waals surface area (Å²) in [6.07, 6.45) is -0.752. The first-order valence-electron chi connectivity index (χ1n) is 8.78. The predicted molar refractivity (Wildman–Crippen MR) is 95.3 cm³/mol. The summed E-state index contributed by atoms with van der Waals surface area (Å²) < 4.78 is 42.5. The Balaban J connectivity index is 1.64. The van der Waals surface area contributed by atoms with E-state index in [4.69, 9.17) is 0 Å². The van der Waals surface area contributed by atoms with Crippen LogP contribution < -0.4 is 10.1 Å². The van der Waals surface area contributed by atoms with Crippen LogP contribution in [-0.2, 0) is 11.8 Å². The molecule has 0 unspecified atom stereocenters. The first-order chi connectivity index (χ1) is 12.7. The molecule has 3 rings (SSSR count). The molecule has 2 aromatic rings. The maximum atomic E-state index is 12.6. The maximum absolute atomic E-state index is 12.6. The second-order valence-electron chi connectivity index (χ2n) is 6.68. The minimum absolute atomic E-state index is 0.174. The molecule has 27 heavy (non-hydrogen) atoms. The van der Waals surface area contributed by atoms with E-state index in [9.17, 15) is 18.0 Å². The van der Waals surface area contributed by atoms with Crippen LogP contribution in [0.5, 0.6) is 5.75 Å². The second kappa shape index (κ2) is 7.64. The smallest absolute Gasteiger partial charge is 0.406 e. The fourth-order valence-corrected chi connectivity index (χ4v) is 3.53. The van der Waals surface area contributed by atoms with Crippen LogP contribution in [0.25, 0.3) is 0 Å². The first-order valence-corrected chi connectivity index (χ1v) is 8.78. The summed E-state index contributed by atoms with van der Waals surface area (Å²) in [6.45, 7) is 2.67. The zero-order chi connectivity index (χ0) is 19.6. The van der Waals surface area contributed by atoms with Crippen molar-refractivity contribution in [1.29, 1.82) is 0 Å². The number of nitrogens with one attached hydrogen (secondary N) is 1. The number of aromatic nitrogens is 1. The first kappa shape index (κ1) is 19.3. The summed E-state index contributed by atoms with van der Waals surface area (Å²) >= 11 is 0. The highest BCUT2D eigenvalue weighted by molar-refractivity contribution is 5.94. The fraction of sp³-hybridized carbons (Fsp3) is 0.421. The van der Waals surface area contributed by atoms with Crippen molar-refractivity contribution in [3.63, 3.8) is 0 Å². The molecular formula is C19H22F3N3O2. The second-order valence-corrected chi connectivity index (χ2v) is 6.68. The summed E-state index contributed by atoms with van der Waals surface area (Å²) in [7, 11) is 1.99. The number of benzene rings is 1. The van der Waals surface area contributed by atoms with Gasteiger partial charge < -0.3 is 14.6 Å². The van der Waals surface area contributed by atoms with E-state index in [1.165, 1.54) is 30.0 Å². The molecule has 1 aromatic carbocycles. The normalized spacial score (nSPS) is 19.1. The number of alkyl halides is 3. The predicted octanol–water partition coefficient (Wildman–Crippen LogP) is 4.09. The van der Waals surface area contributed by atoms with Gasteiger partial charge in [0.1, 0.15) is 5.75 Å². The molecule has 146 valence electrons. The monoisotopic (exact) mass is 381 g/mol. The van der Waals surface area contributed by atoms with Gasteiger partial charge in [0.05, 0.1) is 12.1 Å². The Labute approximate surface area is 155 Å². The molecule has 0 bridgehead atoms. The third-order valence-corrected chi connectivity index (χ3v) is 4.85. The van der Waals surface area contributed by atoms with Crippen molar-refractivity contribution in [2.45, 2.75) is 38.2 Å². The van der Waals surface area contributed by atoms with Crippen LogP contribution in [-0.4, -0.2) is 34.3 Å². The minimum atomic E-state index is -4.74. The molecule has 5 nitrogen and oxygen atoms in total. The van der Waals surface area contributed by atoms with Crippen molar-refractivity contribution >= 4 is 11.6 Å². The molecule has 1 aliphatic rings. The number of ether oxygens (including phenoxy) is 1. The number of halogens is 3. The van der Waals surface area contributed by atoms with Crippen molar-refractivity contribution in [2.24, 2.45) is 7.05 Å². The van der Waals surface area contributed by atoms with Gasteiger partial charge in [-0.25, -0.2) is 0 Å². The lowest BCUT2D eigenvalue weighted by molar-refractivity contribution is -0.274. The number of likely N-dealkylation sites (tertiary alicyclic amines) is 1. The van der Waals surface area contributed by atoms with Gasteiger partial charge >= 0.3 is 6.36 Å². The van der Waals surface area contributed by atoms with E-state index in [0.717, 1.165) is 19.4 Å². The molecule has 0 spiro atoms. The van der Waals surface area contributed by atoms with Crippen molar-refractivity contribution in [3.8, 4) is 5.75 Å². The Bertz CT molecular complexity index is 786. The average Bonchev–Trinajstić information content (AvgIpc) is 3.22. The SMILES string of the molecule is C[C@H](C(=O)Nc1ccc(OC(F)(F)F)cc1)N1CCC[C@@H]1c1cccn1C. The van der Waals surface area contributed by atoms with Gasteiger partial charge in [-0.2, -0.15) is 0 Å². The molecule has 1 fully saturated rings. The average molecular weight is 381 g/mol. The lowest BCUT2D eigenvalue weighted by Gasteiger charge is -2.30. The van der Waals surface area contributed by atoms with E-state index >= 15 is 0 Å². The number of hydrogen-bond acceptors (Lipinski definition) is 3.